The average Bonchev–Trinajstić information content (AvgIpc) is 2.39. The minimum atomic E-state index is -0.603. The molecule has 0 unspecified atom stereocenters. The molecule has 0 radical (unpaired) electrons. The van der Waals surface area contributed by atoms with Gasteiger partial charge in [0.25, 0.3) is 0 Å². The van der Waals surface area contributed by atoms with Crippen molar-refractivity contribution in [2.75, 3.05) is 0 Å². The monoisotopic (exact) mass is 322 g/mol. The maximum Gasteiger partial charge on any atom is 0.312 e. The lowest BCUT2D eigenvalue weighted by Gasteiger charge is -2.06. The predicted octanol–water partition coefficient (Wildman–Crippen LogP) is 3.36. The Kier molecular flexibility index (Phi) is 3.86. The SMILES string of the molecule is O=Cc1ccc(Oc2cncc(Br)c2)c([N+](=O)[O-])c1. The molecule has 7 heteroatoms. The van der Waals surface area contributed by atoms with Crippen LogP contribution in [0, 0.1) is 10.1 Å². The van der Waals surface area contributed by atoms with Crippen molar-refractivity contribution in [3.8, 4) is 11.5 Å². The van der Waals surface area contributed by atoms with Crippen molar-refractivity contribution in [1.29, 1.82) is 0 Å². The van der Waals surface area contributed by atoms with Crippen LogP contribution in [0.4, 0.5) is 5.69 Å². The number of carbonyl (C=O) groups is 1. The fraction of sp³-hybridized carbons (Fsp3) is 0. The molecule has 0 N–H and O–H groups in total. The van der Waals surface area contributed by atoms with Crippen LogP contribution in [-0.4, -0.2) is 16.2 Å². The fourth-order valence-electron chi connectivity index (χ4n) is 1.41. The molecule has 2 aromatic rings. The molecule has 0 bridgehead atoms. The van der Waals surface area contributed by atoms with Crippen LogP contribution >= 0.6 is 15.9 Å². The number of nitro benzene ring substituents is 1. The summed E-state index contributed by atoms with van der Waals surface area (Å²) in [5.74, 6) is 0.409. The van der Waals surface area contributed by atoms with Crippen molar-refractivity contribution < 1.29 is 14.5 Å². The lowest BCUT2D eigenvalue weighted by molar-refractivity contribution is -0.385. The summed E-state index contributed by atoms with van der Waals surface area (Å²) >= 11 is 3.22. The van der Waals surface area contributed by atoms with Crippen LogP contribution in [0.5, 0.6) is 11.5 Å². The van der Waals surface area contributed by atoms with Gasteiger partial charge in [-0.1, -0.05) is 0 Å². The highest BCUT2D eigenvalue weighted by Gasteiger charge is 2.16. The first-order valence-corrected chi connectivity index (χ1v) is 5.91. The minimum Gasteiger partial charge on any atom is -0.448 e. The van der Waals surface area contributed by atoms with Gasteiger partial charge in [0.05, 0.1) is 11.1 Å². The molecule has 0 saturated carbocycles. The number of nitrogens with zero attached hydrogens (tertiary/aromatic N) is 2. The van der Waals surface area contributed by atoms with E-state index in [0.29, 0.717) is 16.5 Å². The fourth-order valence-corrected chi connectivity index (χ4v) is 1.76. The summed E-state index contributed by atoms with van der Waals surface area (Å²) in [5, 5.41) is 10.9. The second-order valence-corrected chi connectivity index (χ2v) is 4.46. The molecule has 0 aliphatic carbocycles. The summed E-state index contributed by atoms with van der Waals surface area (Å²) in [6.45, 7) is 0. The Labute approximate surface area is 116 Å². The quantitative estimate of drug-likeness (QED) is 0.489. The van der Waals surface area contributed by atoms with Crippen LogP contribution in [0.2, 0.25) is 0 Å². The highest BCUT2D eigenvalue weighted by Crippen LogP contribution is 2.32. The molecule has 0 amide bonds. The Morgan fingerprint density at radius 3 is 2.74 bits per heavy atom. The van der Waals surface area contributed by atoms with Crippen molar-refractivity contribution in [3.05, 3.63) is 56.8 Å². The molecule has 0 aliphatic rings. The third kappa shape index (κ3) is 3.14. The molecule has 1 aromatic carbocycles. The van der Waals surface area contributed by atoms with Crippen molar-refractivity contribution in [1.82, 2.24) is 4.98 Å². The third-order valence-corrected chi connectivity index (χ3v) is 2.66. The van der Waals surface area contributed by atoms with E-state index in [9.17, 15) is 14.9 Å². The van der Waals surface area contributed by atoms with E-state index >= 15 is 0 Å². The van der Waals surface area contributed by atoms with Crippen molar-refractivity contribution in [2.24, 2.45) is 0 Å². The molecule has 1 aromatic heterocycles. The van der Waals surface area contributed by atoms with E-state index in [1.54, 1.807) is 12.3 Å². The first-order valence-electron chi connectivity index (χ1n) is 5.12. The van der Waals surface area contributed by atoms with Gasteiger partial charge in [-0.25, -0.2) is 0 Å². The molecule has 19 heavy (non-hydrogen) atoms. The molecular formula is C12H7BrN2O4. The molecule has 0 spiro atoms. The largest absolute Gasteiger partial charge is 0.448 e. The van der Waals surface area contributed by atoms with Crippen molar-refractivity contribution in [2.45, 2.75) is 0 Å². The summed E-state index contributed by atoms with van der Waals surface area (Å²) < 4.78 is 6.09. The summed E-state index contributed by atoms with van der Waals surface area (Å²) in [4.78, 5) is 24.8. The van der Waals surface area contributed by atoms with E-state index in [0.717, 1.165) is 6.07 Å². The van der Waals surface area contributed by atoms with Crippen LogP contribution < -0.4 is 4.74 Å². The Bertz CT molecular complexity index is 645. The number of halogens is 1. The summed E-state index contributed by atoms with van der Waals surface area (Å²) in [6, 6.07) is 5.61. The molecule has 0 saturated heterocycles. The standard InChI is InChI=1S/C12H7BrN2O4/c13-9-4-10(6-14-5-9)19-12-2-1-8(7-16)3-11(12)15(17)18/h1-7H. The molecule has 6 nitrogen and oxygen atoms in total. The number of carbonyl (C=O) groups excluding carboxylic acids is 1. The van der Waals surface area contributed by atoms with Crippen LogP contribution in [0.1, 0.15) is 10.4 Å². The molecule has 0 atom stereocenters. The number of benzene rings is 1. The van der Waals surface area contributed by atoms with Gasteiger partial charge < -0.3 is 4.74 Å². The number of aromatic nitrogens is 1. The number of rotatable bonds is 4. The Morgan fingerprint density at radius 1 is 1.32 bits per heavy atom. The molecular weight excluding hydrogens is 316 g/mol. The van der Waals surface area contributed by atoms with Gasteiger partial charge in [0, 0.05) is 22.3 Å². The second-order valence-electron chi connectivity index (χ2n) is 3.54. The lowest BCUT2D eigenvalue weighted by atomic mass is 10.2. The van der Waals surface area contributed by atoms with Gasteiger partial charge >= 0.3 is 5.69 Å². The van der Waals surface area contributed by atoms with Crippen LogP contribution in [0.3, 0.4) is 0 Å². The van der Waals surface area contributed by atoms with E-state index < -0.39 is 4.92 Å². The molecule has 1 heterocycles. The smallest absolute Gasteiger partial charge is 0.312 e. The van der Waals surface area contributed by atoms with Gasteiger partial charge in [-0.05, 0) is 34.1 Å². The van der Waals surface area contributed by atoms with Gasteiger partial charge in [0.15, 0.2) is 0 Å². The number of aldehydes is 1. The molecule has 0 aliphatic heterocycles. The zero-order valence-electron chi connectivity index (χ0n) is 9.45. The summed E-state index contributed by atoms with van der Waals surface area (Å²) in [6.07, 6.45) is 3.54. The number of hydrogen-bond donors (Lipinski definition) is 0. The number of ether oxygens (including phenoxy) is 1. The first-order chi connectivity index (χ1) is 9.10. The van der Waals surface area contributed by atoms with Crippen LogP contribution in [0.25, 0.3) is 0 Å². The lowest BCUT2D eigenvalue weighted by Crippen LogP contribution is -1.95. The number of nitro groups is 1. The van der Waals surface area contributed by atoms with Crippen LogP contribution in [-0.2, 0) is 0 Å². The topological polar surface area (TPSA) is 82.3 Å². The van der Waals surface area contributed by atoms with Gasteiger partial charge in [-0.3, -0.25) is 19.9 Å². The zero-order valence-corrected chi connectivity index (χ0v) is 11.0. The summed E-state index contributed by atoms with van der Waals surface area (Å²) in [5.41, 5.74) is -0.0593. The highest BCUT2D eigenvalue weighted by atomic mass is 79.9. The van der Waals surface area contributed by atoms with Gasteiger partial charge in [-0.2, -0.15) is 0 Å². The predicted molar refractivity (Wildman–Crippen MR) is 70.5 cm³/mol. The van der Waals surface area contributed by atoms with Crippen LogP contribution in [0.15, 0.2) is 41.1 Å². The Morgan fingerprint density at radius 2 is 2.11 bits per heavy atom. The maximum absolute atomic E-state index is 10.9. The highest BCUT2D eigenvalue weighted by molar-refractivity contribution is 9.10. The third-order valence-electron chi connectivity index (χ3n) is 2.22. The Balaban J connectivity index is 2.39. The van der Waals surface area contributed by atoms with Crippen molar-refractivity contribution >= 4 is 27.9 Å². The van der Waals surface area contributed by atoms with Gasteiger partial charge in [0.2, 0.25) is 5.75 Å². The van der Waals surface area contributed by atoms with E-state index in [1.807, 2.05) is 0 Å². The minimum absolute atomic E-state index is 0.0514. The van der Waals surface area contributed by atoms with E-state index in [2.05, 4.69) is 20.9 Å². The summed E-state index contributed by atoms with van der Waals surface area (Å²) in [7, 11) is 0. The van der Waals surface area contributed by atoms with E-state index in [4.69, 9.17) is 4.74 Å². The number of pyridine rings is 1. The zero-order chi connectivity index (χ0) is 13.8. The Hall–Kier alpha value is -2.28. The molecule has 0 fully saturated rings. The molecule has 2 rings (SSSR count). The van der Waals surface area contributed by atoms with Gasteiger partial charge in [-0.15, -0.1) is 0 Å². The maximum atomic E-state index is 10.9. The number of hydrogen-bond acceptors (Lipinski definition) is 5. The van der Waals surface area contributed by atoms with E-state index in [1.165, 1.54) is 18.3 Å². The van der Waals surface area contributed by atoms with Crippen molar-refractivity contribution in [3.63, 3.8) is 0 Å². The normalized spacial score (nSPS) is 9.95. The average molecular weight is 323 g/mol. The molecule has 96 valence electrons. The van der Waals surface area contributed by atoms with E-state index in [-0.39, 0.29) is 17.0 Å². The second kappa shape index (κ2) is 5.57. The first kappa shape index (κ1) is 13.2. The van der Waals surface area contributed by atoms with Gasteiger partial charge in [0.1, 0.15) is 12.0 Å².